The minimum Gasteiger partial charge on any atom is -0.408 e. The summed E-state index contributed by atoms with van der Waals surface area (Å²) in [6.45, 7) is 9.97. The topological polar surface area (TPSA) is 114 Å². The molecule has 30 heavy (non-hydrogen) atoms. The number of amides is 1. The highest BCUT2D eigenvalue weighted by atomic mass is 16.4. The molecule has 2 N–H and O–H groups in total. The largest absolute Gasteiger partial charge is 0.408 e. The van der Waals surface area contributed by atoms with Gasteiger partial charge in [-0.25, -0.2) is 0 Å². The lowest BCUT2D eigenvalue weighted by atomic mass is 10.3. The second-order valence-electron chi connectivity index (χ2n) is 4.56. The molecule has 1 aromatic heterocycles. The van der Waals surface area contributed by atoms with Crippen LogP contribution in [0.2, 0.25) is 0 Å². The van der Waals surface area contributed by atoms with Gasteiger partial charge in [0.2, 0.25) is 12.3 Å². The maximum atomic E-state index is 9.86. The summed E-state index contributed by atoms with van der Waals surface area (Å²) in [6.07, 6.45) is 1.67. The Morgan fingerprint density at radius 2 is 1.33 bits per heavy atom. The van der Waals surface area contributed by atoms with Crippen molar-refractivity contribution in [2.75, 3.05) is 10.6 Å². The van der Waals surface area contributed by atoms with Crippen LogP contribution in [-0.2, 0) is 20.8 Å². The third-order valence-electron chi connectivity index (χ3n) is 2.79. The number of carbonyl (C=O) groups is 1. The second kappa shape index (κ2) is 21.5. The lowest BCUT2D eigenvalue weighted by Gasteiger charge is -1.98. The van der Waals surface area contributed by atoms with Crippen LogP contribution in [0.25, 0.3) is 0 Å². The molecule has 3 aromatic rings. The highest BCUT2D eigenvalue weighted by Crippen LogP contribution is 2.14. The van der Waals surface area contributed by atoms with Gasteiger partial charge in [-0.1, -0.05) is 76.1 Å². The van der Waals surface area contributed by atoms with Crippen molar-refractivity contribution in [2.24, 2.45) is 0 Å². The SMILES string of the molecule is CC.CC.CCc1nnc(Nc2ccccc2)o1.O=C=O.O=CNc1ccccc1. The summed E-state index contributed by atoms with van der Waals surface area (Å²) in [5, 5.41) is 13.3. The third kappa shape index (κ3) is 14.3. The number of anilines is 3. The van der Waals surface area contributed by atoms with Crippen LogP contribution < -0.4 is 10.6 Å². The van der Waals surface area contributed by atoms with Crippen LogP contribution in [0.3, 0.4) is 0 Å². The summed E-state index contributed by atoms with van der Waals surface area (Å²) < 4.78 is 5.30. The first kappa shape index (κ1) is 28.4. The van der Waals surface area contributed by atoms with Crippen molar-refractivity contribution in [1.29, 1.82) is 0 Å². The first-order valence-electron chi connectivity index (χ1n) is 9.62. The number of rotatable bonds is 5. The summed E-state index contributed by atoms with van der Waals surface area (Å²) in [4.78, 5) is 26.1. The molecule has 0 bridgehead atoms. The molecular weight excluding hydrogens is 384 g/mol. The number of hydrogen-bond acceptors (Lipinski definition) is 7. The Bertz CT molecular complexity index is 787. The molecule has 3 rings (SSSR count). The van der Waals surface area contributed by atoms with Gasteiger partial charge in [0.25, 0.3) is 0 Å². The molecule has 0 spiro atoms. The van der Waals surface area contributed by atoms with E-state index in [9.17, 15) is 4.79 Å². The van der Waals surface area contributed by atoms with Crippen molar-refractivity contribution in [1.82, 2.24) is 10.2 Å². The summed E-state index contributed by atoms with van der Waals surface area (Å²) in [7, 11) is 0. The highest BCUT2D eigenvalue weighted by Gasteiger charge is 2.02. The van der Waals surface area contributed by atoms with E-state index in [1.165, 1.54) is 0 Å². The first-order chi connectivity index (χ1) is 14.7. The van der Waals surface area contributed by atoms with Gasteiger partial charge in [0, 0.05) is 17.8 Å². The quantitative estimate of drug-likeness (QED) is 0.558. The van der Waals surface area contributed by atoms with Gasteiger partial charge in [-0.15, -0.1) is 5.10 Å². The summed E-state index contributed by atoms with van der Waals surface area (Å²) >= 11 is 0. The Morgan fingerprint density at radius 1 is 0.867 bits per heavy atom. The molecule has 0 fully saturated rings. The van der Waals surface area contributed by atoms with Crippen LogP contribution >= 0.6 is 0 Å². The van der Waals surface area contributed by atoms with Gasteiger partial charge in [0.1, 0.15) is 0 Å². The van der Waals surface area contributed by atoms with Crippen molar-refractivity contribution < 1.29 is 18.8 Å². The number of carbonyl (C=O) groups excluding carboxylic acids is 3. The maximum Gasteiger partial charge on any atom is 0.373 e. The Hall–Kier alpha value is -3.77. The van der Waals surface area contributed by atoms with Crippen molar-refractivity contribution in [3.05, 3.63) is 66.6 Å². The number of nitrogens with one attached hydrogen (secondary N) is 2. The van der Waals surface area contributed by atoms with Crippen molar-refractivity contribution in [3.8, 4) is 0 Å². The molecule has 0 saturated carbocycles. The smallest absolute Gasteiger partial charge is 0.373 e. The van der Waals surface area contributed by atoms with E-state index in [0.717, 1.165) is 17.8 Å². The van der Waals surface area contributed by atoms with Crippen LogP contribution in [0, 0.1) is 0 Å². The van der Waals surface area contributed by atoms with Gasteiger partial charge in [0.05, 0.1) is 0 Å². The predicted molar refractivity (Wildman–Crippen MR) is 117 cm³/mol. The molecule has 0 radical (unpaired) electrons. The molecule has 162 valence electrons. The average Bonchev–Trinajstić information content (AvgIpc) is 3.27. The number of aryl methyl sites for hydroxylation is 1. The molecule has 1 amide bonds. The van der Waals surface area contributed by atoms with E-state index >= 15 is 0 Å². The van der Waals surface area contributed by atoms with E-state index in [-0.39, 0.29) is 6.15 Å². The van der Waals surface area contributed by atoms with Crippen LogP contribution in [-0.4, -0.2) is 22.8 Å². The molecule has 0 aliphatic heterocycles. The molecule has 0 unspecified atom stereocenters. The van der Waals surface area contributed by atoms with E-state index in [2.05, 4.69) is 20.8 Å². The van der Waals surface area contributed by atoms with E-state index in [1.54, 1.807) is 0 Å². The number of hydrogen-bond donors (Lipinski definition) is 2. The second-order valence-corrected chi connectivity index (χ2v) is 4.56. The first-order valence-corrected chi connectivity index (χ1v) is 9.62. The number of benzene rings is 2. The molecule has 8 nitrogen and oxygen atoms in total. The van der Waals surface area contributed by atoms with E-state index in [1.807, 2.05) is 95.3 Å². The van der Waals surface area contributed by atoms with Crippen LogP contribution in [0.4, 0.5) is 17.4 Å². The van der Waals surface area contributed by atoms with E-state index < -0.39 is 0 Å². The van der Waals surface area contributed by atoms with Crippen LogP contribution in [0.5, 0.6) is 0 Å². The van der Waals surface area contributed by atoms with E-state index in [4.69, 9.17) is 14.0 Å². The Balaban J connectivity index is 0. The van der Waals surface area contributed by atoms with Gasteiger partial charge >= 0.3 is 12.2 Å². The summed E-state index contributed by atoms with van der Waals surface area (Å²) in [6, 6.07) is 19.4. The van der Waals surface area contributed by atoms with Crippen LogP contribution in [0.1, 0.15) is 40.5 Å². The highest BCUT2D eigenvalue weighted by molar-refractivity contribution is 5.70. The van der Waals surface area contributed by atoms with Gasteiger partial charge in [-0.3, -0.25) is 4.79 Å². The number of para-hydroxylation sites is 2. The fourth-order valence-corrected chi connectivity index (χ4v) is 1.69. The average molecular weight is 415 g/mol. The zero-order valence-corrected chi connectivity index (χ0v) is 18.1. The predicted octanol–water partition coefficient (Wildman–Crippen LogP) is 5.10. The molecule has 2 aromatic carbocycles. The number of nitrogens with zero attached hydrogens (tertiary/aromatic N) is 2. The lowest BCUT2D eigenvalue weighted by molar-refractivity contribution is -0.191. The zero-order chi connectivity index (χ0) is 23.0. The molecular formula is C22H30N4O4. The monoisotopic (exact) mass is 414 g/mol. The zero-order valence-electron chi connectivity index (χ0n) is 18.1. The van der Waals surface area contributed by atoms with Gasteiger partial charge in [0.15, 0.2) is 0 Å². The van der Waals surface area contributed by atoms with Crippen LogP contribution in [0.15, 0.2) is 65.1 Å². The summed E-state index contributed by atoms with van der Waals surface area (Å²) in [5.41, 5.74) is 1.77. The summed E-state index contributed by atoms with van der Waals surface area (Å²) in [5.74, 6) is 0.642. The minimum atomic E-state index is 0.250. The molecule has 0 atom stereocenters. The van der Waals surface area contributed by atoms with Crippen molar-refractivity contribution >= 4 is 30.0 Å². The molecule has 1 heterocycles. The normalized spacial score (nSPS) is 7.90. The Morgan fingerprint density at radius 3 is 1.73 bits per heavy atom. The lowest BCUT2D eigenvalue weighted by Crippen LogP contribution is -1.91. The third-order valence-corrected chi connectivity index (χ3v) is 2.79. The number of aromatic nitrogens is 2. The molecule has 0 aliphatic rings. The fraction of sp³-hybridized carbons (Fsp3) is 0.273. The van der Waals surface area contributed by atoms with Gasteiger partial charge in [-0.2, -0.15) is 9.59 Å². The molecule has 0 aliphatic carbocycles. The molecule has 8 heteroatoms. The Labute approximate surface area is 177 Å². The standard InChI is InChI=1S/C10H11N3O.C7H7NO.2C2H6.CO2/c1-2-9-12-13-10(14-9)11-8-6-4-3-5-7-8;9-6-8-7-4-2-1-3-5-7;2*1-2;2-1-3/h3-7H,2H2,1H3,(H,11,13);1-6H,(H,8,9);2*1-2H3;. The Kier molecular flexibility index (Phi) is 20.4. The fourth-order valence-electron chi connectivity index (χ4n) is 1.69. The van der Waals surface area contributed by atoms with Gasteiger partial charge in [-0.05, 0) is 24.3 Å². The molecule has 0 saturated heterocycles. The maximum absolute atomic E-state index is 9.86. The van der Waals surface area contributed by atoms with Crippen molar-refractivity contribution in [2.45, 2.75) is 41.0 Å². The van der Waals surface area contributed by atoms with Gasteiger partial charge < -0.3 is 15.1 Å². The van der Waals surface area contributed by atoms with Crippen molar-refractivity contribution in [3.63, 3.8) is 0 Å². The minimum absolute atomic E-state index is 0.250. The van der Waals surface area contributed by atoms with E-state index in [0.29, 0.717) is 18.3 Å².